The summed E-state index contributed by atoms with van der Waals surface area (Å²) in [6.07, 6.45) is 7.32. The molecule has 1 aliphatic carbocycles. The molecule has 3 N–H and O–H groups in total. The highest BCUT2D eigenvalue weighted by molar-refractivity contribution is 6.01. The molecule has 0 radical (unpaired) electrons. The zero-order chi connectivity index (χ0) is 16.8. The fourth-order valence-corrected chi connectivity index (χ4v) is 2.74. The quantitative estimate of drug-likeness (QED) is 0.790. The van der Waals surface area contributed by atoms with Gasteiger partial charge in [-0.05, 0) is 31.2 Å². The second-order valence-corrected chi connectivity index (χ2v) is 5.75. The summed E-state index contributed by atoms with van der Waals surface area (Å²) in [6.45, 7) is 0. The van der Waals surface area contributed by atoms with E-state index in [2.05, 4.69) is 20.8 Å². The molecule has 1 atom stereocenters. The molecule has 3 rings (SSSR count). The number of nitrogens with one attached hydrogen (secondary N) is 3. The van der Waals surface area contributed by atoms with Crippen LogP contribution in [0.3, 0.4) is 0 Å². The molecular weight excluding hydrogens is 304 g/mol. The van der Waals surface area contributed by atoms with Crippen LogP contribution in [0.1, 0.15) is 37.3 Å². The molecule has 2 aromatic rings. The molecule has 0 spiro atoms. The summed E-state index contributed by atoms with van der Waals surface area (Å²) < 4.78 is 0. The third-order valence-electron chi connectivity index (χ3n) is 4.01. The molecule has 0 aliphatic heterocycles. The number of carbonyl (C=O) groups is 2. The molecule has 1 aliphatic rings. The van der Waals surface area contributed by atoms with Crippen molar-refractivity contribution in [3.05, 3.63) is 59.8 Å². The van der Waals surface area contributed by atoms with Crippen molar-refractivity contribution in [2.45, 2.75) is 31.7 Å². The molecule has 0 saturated heterocycles. The molecule has 0 fully saturated rings. The first kappa shape index (κ1) is 16.0. The van der Waals surface area contributed by atoms with Gasteiger partial charge in [-0.2, -0.15) is 5.10 Å². The lowest BCUT2D eigenvalue weighted by Crippen LogP contribution is -2.38. The second kappa shape index (κ2) is 7.59. The first-order valence-corrected chi connectivity index (χ1v) is 8.09. The van der Waals surface area contributed by atoms with Gasteiger partial charge in [0.25, 0.3) is 5.91 Å². The Morgan fingerprint density at radius 3 is 2.62 bits per heavy atom. The predicted octanol–water partition coefficient (Wildman–Crippen LogP) is 2.71. The van der Waals surface area contributed by atoms with Gasteiger partial charge < -0.3 is 10.6 Å². The van der Waals surface area contributed by atoms with Gasteiger partial charge in [0.05, 0.1) is 6.20 Å². The highest BCUT2D eigenvalue weighted by atomic mass is 16.2. The summed E-state index contributed by atoms with van der Waals surface area (Å²) >= 11 is 0. The average molecular weight is 324 g/mol. The Labute approximate surface area is 140 Å². The van der Waals surface area contributed by atoms with Crippen LogP contribution in [0, 0.1) is 0 Å². The van der Waals surface area contributed by atoms with Crippen LogP contribution in [0.5, 0.6) is 0 Å². The number of rotatable bonds is 5. The summed E-state index contributed by atoms with van der Waals surface area (Å²) in [4.78, 5) is 25.1. The highest BCUT2D eigenvalue weighted by Crippen LogP contribution is 2.20. The van der Waals surface area contributed by atoms with E-state index >= 15 is 0 Å². The van der Waals surface area contributed by atoms with E-state index in [1.165, 1.54) is 0 Å². The maximum atomic E-state index is 12.6. The number of nitrogens with zero attached hydrogens (tertiary/aromatic N) is 1. The van der Waals surface area contributed by atoms with Crippen molar-refractivity contribution >= 4 is 17.6 Å². The van der Waals surface area contributed by atoms with Crippen molar-refractivity contribution in [2.75, 3.05) is 5.32 Å². The molecule has 0 bridgehead atoms. The van der Waals surface area contributed by atoms with Crippen LogP contribution in [0.4, 0.5) is 5.82 Å². The van der Waals surface area contributed by atoms with Gasteiger partial charge in [0.1, 0.15) is 11.9 Å². The van der Waals surface area contributed by atoms with Gasteiger partial charge in [-0.1, -0.05) is 36.4 Å². The van der Waals surface area contributed by atoms with Crippen LogP contribution in [0.15, 0.2) is 54.2 Å². The van der Waals surface area contributed by atoms with E-state index in [-0.39, 0.29) is 11.8 Å². The third kappa shape index (κ3) is 3.90. The SMILES string of the molecule is O=C(N[C@H](C(=O)Nc1ccn[nH]1)c1ccccc1)C1=CCCCC1. The zero-order valence-electron chi connectivity index (χ0n) is 13.3. The third-order valence-corrected chi connectivity index (χ3v) is 4.01. The predicted molar refractivity (Wildman–Crippen MR) is 91.1 cm³/mol. The molecule has 124 valence electrons. The summed E-state index contributed by atoms with van der Waals surface area (Å²) in [6, 6.07) is 10.1. The number of hydrogen-bond donors (Lipinski definition) is 3. The van der Waals surface area contributed by atoms with E-state index in [1.54, 1.807) is 12.3 Å². The smallest absolute Gasteiger partial charge is 0.252 e. The maximum absolute atomic E-state index is 12.6. The molecule has 6 nitrogen and oxygen atoms in total. The monoisotopic (exact) mass is 324 g/mol. The molecule has 0 saturated carbocycles. The van der Waals surface area contributed by atoms with Gasteiger partial charge in [0.15, 0.2) is 0 Å². The van der Waals surface area contributed by atoms with Crippen LogP contribution in [0.2, 0.25) is 0 Å². The number of amides is 2. The Kier molecular flexibility index (Phi) is 5.05. The number of aromatic amines is 1. The topological polar surface area (TPSA) is 86.9 Å². The summed E-state index contributed by atoms with van der Waals surface area (Å²) in [7, 11) is 0. The minimum absolute atomic E-state index is 0.177. The van der Waals surface area contributed by atoms with Gasteiger partial charge in [-0.25, -0.2) is 0 Å². The Morgan fingerprint density at radius 1 is 1.12 bits per heavy atom. The highest BCUT2D eigenvalue weighted by Gasteiger charge is 2.24. The van der Waals surface area contributed by atoms with E-state index in [1.807, 2.05) is 36.4 Å². The van der Waals surface area contributed by atoms with Crippen molar-refractivity contribution in [3.63, 3.8) is 0 Å². The number of carbonyl (C=O) groups excluding carboxylic acids is 2. The molecule has 1 heterocycles. The number of H-pyrrole nitrogens is 1. The fourth-order valence-electron chi connectivity index (χ4n) is 2.74. The van der Waals surface area contributed by atoms with Crippen molar-refractivity contribution in [2.24, 2.45) is 0 Å². The Bertz CT molecular complexity index is 723. The van der Waals surface area contributed by atoms with E-state index in [4.69, 9.17) is 0 Å². The molecule has 24 heavy (non-hydrogen) atoms. The van der Waals surface area contributed by atoms with Crippen LogP contribution in [-0.4, -0.2) is 22.0 Å². The summed E-state index contributed by atoms with van der Waals surface area (Å²) in [5.41, 5.74) is 1.50. The van der Waals surface area contributed by atoms with E-state index in [0.29, 0.717) is 5.82 Å². The number of hydrogen-bond acceptors (Lipinski definition) is 3. The first-order valence-electron chi connectivity index (χ1n) is 8.09. The molecule has 2 amide bonds. The van der Waals surface area contributed by atoms with E-state index in [0.717, 1.165) is 36.8 Å². The number of benzene rings is 1. The lowest BCUT2D eigenvalue weighted by Gasteiger charge is -2.20. The Morgan fingerprint density at radius 2 is 1.96 bits per heavy atom. The average Bonchev–Trinajstić information content (AvgIpc) is 3.14. The largest absolute Gasteiger partial charge is 0.337 e. The lowest BCUT2D eigenvalue weighted by atomic mass is 9.98. The van der Waals surface area contributed by atoms with Gasteiger partial charge in [0.2, 0.25) is 5.91 Å². The fraction of sp³-hybridized carbons (Fsp3) is 0.278. The van der Waals surface area contributed by atoms with Crippen molar-refractivity contribution in [1.29, 1.82) is 0 Å². The molecule has 1 aromatic carbocycles. The van der Waals surface area contributed by atoms with E-state index in [9.17, 15) is 9.59 Å². The van der Waals surface area contributed by atoms with Crippen LogP contribution < -0.4 is 10.6 Å². The minimum Gasteiger partial charge on any atom is -0.337 e. The van der Waals surface area contributed by atoms with Crippen LogP contribution in [0.25, 0.3) is 0 Å². The number of aromatic nitrogens is 2. The van der Waals surface area contributed by atoms with Crippen molar-refractivity contribution < 1.29 is 9.59 Å². The second-order valence-electron chi connectivity index (χ2n) is 5.75. The Balaban J connectivity index is 1.78. The Hall–Kier alpha value is -2.89. The maximum Gasteiger partial charge on any atom is 0.252 e. The molecular formula is C18H20N4O2. The van der Waals surface area contributed by atoms with Crippen molar-refractivity contribution in [3.8, 4) is 0 Å². The van der Waals surface area contributed by atoms with Crippen LogP contribution >= 0.6 is 0 Å². The first-order chi connectivity index (χ1) is 11.7. The summed E-state index contributed by atoms with van der Waals surface area (Å²) in [5.74, 6) is 0.00517. The normalized spacial score (nSPS) is 15.2. The van der Waals surface area contributed by atoms with Crippen LogP contribution in [-0.2, 0) is 9.59 Å². The standard InChI is InChI=1S/C18H20N4O2/c23-17(14-9-5-2-6-10-14)21-16(13-7-3-1-4-8-13)18(24)20-15-11-12-19-22-15/h1,3-4,7-9,11-12,16H,2,5-6,10H2,(H,21,23)(H2,19,20,22,24)/t16-/m0/s1. The van der Waals surface area contributed by atoms with Gasteiger partial charge >= 0.3 is 0 Å². The molecule has 1 aromatic heterocycles. The molecule has 0 unspecified atom stereocenters. The van der Waals surface area contributed by atoms with Gasteiger partial charge in [-0.3, -0.25) is 14.7 Å². The van der Waals surface area contributed by atoms with Gasteiger partial charge in [0, 0.05) is 11.6 Å². The summed E-state index contributed by atoms with van der Waals surface area (Å²) in [5, 5.41) is 12.1. The van der Waals surface area contributed by atoms with Crippen molar-refractivity contribution in [1.82, 2.24) is 15.5 Å². The van der Waals surface area contributed by atoms with Gasteiger partial charge in [-0.15, -0.1) is 0 Å². The van der Waals surface area contributed by atoms with E-state index < -0.39 is 6.04 Å². The number of anilines is 1. The molecule has 6 heteroatoms. The lowest BCUT2D eigenvalue weighted by molar-refractivity contribution is -0.124. The zero-order valence-corrected chi connectivity index (χ0v) is 13.3. The minimum atomic E-state index is -0.759. The number of allylic oxidation sites excluding steroid dienone is 1.